The summed E-state index contributed by atoms with van der Waals surface area (Å²) in [5, 5.41) is 20.6. The summed E-state index contributed by atoms with van der Waals surface area (Å²) >= 11 is 12.2. The number of hydrogen-bond acceptors (Lipinski definition) is 6. The lowest BCUT2D eigenvalue weighted by molar-refractivity contribution is -0.184. The molecule has 3 aliphatic rings. The topological polar surface area (TPSA) is 104 Å². The van der Waals surface area contributed by atoms with Gasteiger partial charge in [0.2, 0.25) is 0 Å². The molecule has 1 saturated heterocycles. The molecular weight excluding hydrogens is 339 g/mol. The van der Waals surface area contributed by atoms with Gasteiger partial charge in [0.15, 0.2) is 5.41 Å². The summed E-state index contributed by atoms with van der Waals surface area (Å²) in [6.45, 7) is 0.561. The zero-order valence-electron chi connectivity index (χ0n) is 11.7. The number of hydrogen-bond donors (Lipinski definition) is 1. The van der Waals surface area contributed by atoms with Crippen LogP contribution in [0.15, 0.2) is 23.2 Å². The van der Waals surface area contributed by atoms with Crippen LogP contribution in [0.2, 0.25) is 10.0 Å². The largest absolute Gasteiger partial charge is 0.386 e. The van der Waals surface area contributed by atoms with Crippen molar-refractivity contribution in [3.05, 3.63) is 33.8 Å². The third-order valence-corrected chi connectivity index (χ3v) is 5.44. The zero-order valence-corrected chi connectivity index (χ0v) is 13.2. The van der Waals surface area contributed by atoms with Gasteiger partial charge in [-0.3, -0.25) is 0 Å². The summed E-state index contributed by atoms with van der Waals surface area (Å²) < 4.78 is 11.3. The van der Waals surface area contributed by atoms with E-state index < -0.39 is 22.7 Å². The van der Waals surface area contributed by atoms with Gasteiger partial charge in [-0.15, -0.1) is 0 Å². The number of amidine groups is 1. The maximum Gasteiger partial charge on any atom is 0.293 e. The van der Waals surface area contributed by atoms with Crippen molar-refractivity contribution in [2.24, 2.45) is 21.6 Å². The Labute approximate surface area is 142 Å². The van der Waals surface area contributed by atoms with Crippen LogP contribution >= 0.6 is 23.2 Å². The van der Waals surface area contributed by atoms with Crippen LogP contribution in [0.4, 0.5) is 0 Å². The molecule has 1 aromatic carbocycles. The van der Waals surface area contributed by atoms with E-state index in [0.717, 1.165) is 0 Å². The van der Waals surface area contributed by atoms with E-state index in [1.54, 1.807) is 18.2 Å². The molecule has 0 bridgehead atoms. The lowest BCUT2D eigenvalue weighted by Crippen LogP contribution is -2.38. The van der Waals surface area contributed by atoms with Crippen molar-refractivity contribution in [1.82, 2.24) is 0 Å². The lowest BCUT2D eigenvalue weighted by Gasteiger charge is -2.25. The number of fused-ring (bicyclic) bond motifs is 2. The van der Waals surface area contributed by atoms with Crippen LogP contribution in [0, 0.1) is 33.5 Å². The smallest absolute Gasteiger partial charge is 0.293 e. The minimum absolute atomic E-state index is 0.0412. The molecule has 0 unspecified atom stereocenters. The van der Waals surface area contributed by atoms with Crippen molar-refractivity contribution < 1.29 is 9.47 Å². The third-order valence-electron chi connectivity index (χ3n) is 4.88. The highest BCUT2D eigenvalue weighted by molar-refractivity contribution is 6.35. The highest BCUT2D eigenvalue weighted by Gasteiger charge is 2.94. The van der Waals surface area contributed by atoms with E-state index in [-0.39, 0.29) is 19.0 Å². The molecule has 1 saturated carbocycles. The molecule has 1 aliphatic carbocycles. The third kappa shape index (κ3) is 1.39. The van der Waals surface area contributed by atoms with Gasteiger partial charge in [-0.25, -0.2) is 4.99 Å². The van der Waals surface area contributed by atoms with Gasteiger partial charge >= 0.3 is 0 Å². The van der Waals surface area contributed by atoms with Crippen LogP contribution in [-0.4, -0.2) is 25.0 Å². The quantitative estimate of drug-likeness (QED) is 0.837. The number of nitriles is 2. The monoisotopic (exact) mass is 348 g/mol. The molecule has 0 amide bonds. The molecule has 2 N–H and O–H groups in total. The molecule has 0 aromatic heterocycles. The van der Waals surface area contributed by atoms with Crippen molar-refractivity contribution in [2.45, 2.75) is 11.8 Å². The number of aliphatic imine (C=N–C) groups is 1. The first-order valence-electron chi connectivity index (χ1n) is 6.90. The molecule has 3 atom stereocenters. The maximum atomic E-state index is 9.92. The maximum absolute atomic E-state index is 9.92. The van der Waals surface area contributed by atoms with Crippen molar-refractivity contribution >= 4 is 29.0 Å². The summed E-state index contributed by atoms with van der Waals surface area (Å²) in [4.78, 5) is 4.20. The first-order chi connectivity index (χ1) is 11.0. The van der Waals surface area contributed by atoms with E-state index in [2.05, 4.69) is 17.1 Å². The molecule has 1 aromatic rings. The number of ether oxygens (including phenoxy) is 2. The van der Waals surface area contributed by atoms with Crippen LogP contribution in [0.3, 0.4) is 0 Å². The minimum atomic E-state index is -1.55. The van der Waals surface area contributed by atoms with E-state index in [9.17, 15) is 10.5 Å². The first-order valence-corrected chi connectivity index (χ1v) is 7.66. The van der Waals surface area contributed by atoms with E-state index >= 15 is 0 Å². The second-order valence-electron chi connectivity index (χ2n) is 5.71. The van der Waals surface area contributed by atoms with Crippen LogP contribution in [-0.2, 0) is 9.47 Å². The summed E-state index contributed by atoms with van der Waals surface area (Å²) in [7, 11) is 0. The minimum Gasteiger partial charge on any atom is -0.386 e. The molecule has 0 radical (unpaired) electrons. The Morgan fingerprint density at radius 1 is 1.22 bits per heavy atom. The number of halogens is 2. The van der Waals surface area contributed by atoms with Gasteiger partial charge < -0.3 is 15.2 Å². The summed E-state index contributed by atoms with van der Waals surface area (Å²) in [6, 6.07) is 9.29. The van der Waals surface area contributed by atoms with E-state index in [0.29, 0.717) is 15.6 Å². The molecule has 23 heavy (non-hydrogen) atoms. The van der Waals surface area contributed by atoms with Crippen LogP contribution < -0.4 is 5.73 Å². The Hall–Kier alpha value is -1.83. The molecule has 116 valence electrons. The fraction of sp³-hybridized carbons (Fsp3) is 0.400. The van der Waals surface area contributed by atoms with Gasteiger partial charge in [0.25, 0.3) is 5.91 Å². The summed E-state index contributed by atoms with van der Waals surface area (Å²) in [5.74, 6) is -2.10. The second kappa shape index (κ2) is 4.37. The standard InChI is InChI=1S/C15H10Cl2N4O2/c16-8-1-2-9(10(17)5-8)11-13(6-18)12(20)21-15(14(11,13)7-19)22-3-4-23-15/h1-2,5,11H,3-4H2,(H2,20,21)/t11-,13+,14+/m0/s1. The fourth-order valence-corrected chi connectivity index (χ4v) is 4.44. The SMILES string of the molecule is N#C[C@@]12C(N)=NC3(OCCO3)[C@]1(C#N)[C@H]2c1ccc(Cl)cc1Cl. The molecule has 4 rings (SSSR count). The number of benzene rings is 1. The normalized spacial score (nSPS) is 36.2. The van der Waals surface area contributed by atoms with Gasteiger partial charge in [-0.1, -0.05) is 29.3 Å². The molecule has 2 aliphatic heterocycles. The van der Waals surface area contributed by atoms with Crippen LogP contribution in [0.25, 0.3) is 0 Å². The Morgan fingerprint density at radius 3 is 2.48 bits per heavy atom. The average molecular weight is 349 g/mol. The van der Waals surface area contributed by atoms with E-state index in [4.69, 9.17) is 38.4 Å². The predicted octanol–water partition coefficient (Wildman–Crippen LogP) is 2.18. The van der Waals surface area contributed by atoms with Crippen molar-refractivity contribution in [3.63, 3.8) is 0 Å². The summed E-state index contributed by atoms with van der Waals surface area (Å²) in [5.41, 5.74) is 3.97. The highest BCUT2D eigenvalue weighted by Crippen LogP contribution is 2.82. The molecule has 6 nitrogen and oxygen atoms in total. The van der Waals surface area contributed by atoms with Gasteiger partial charge in [0.05, 0.1) is 25.4 Å². The molecule has 2 fully saturated rings. The Bertz CT molecular complexity index is 837. The molecule has 2 heterocycles. The van der Waals surface area contributed by atoms with E-state index in [1.165, 1.54) is 0 Å². The van der Waals surface area contributed by atoms with Gasteiger partial charge in [0.1, 0.15) is 11.3 Å². The lowest BCUT2D eigenvalue weighted by atomic mass is 9.94. The number of rotatable bonds is 1. The van der Waals surface area contributed by atoms with E-state index in [1.807, 2.05) is 0 Å². The second-order valence-corrected chi connectivity index (χ2v) is 6.56. The summed E-state index contributed by atoms with van der Waals surface area (Å²) in [6.07, 6.45) is 0. The molecular formula is C15H10Cl2N4O2. The first kappa shape index (κ1) is 14.7. The number of nitrogens with two attached hydrogens (primary N) is 1. The Morgan fingerprint density at radius 2 is 1.91 bits per heavy atom. The van der Waals surface area contributed by atoms with Gasteiger partial charge in [-0.05, 0) is 17.7 Å². The number of nitrogens with zero attached hydrogens (tertiary/aromatic N) is 3. The zero-order chi connectivity index (χ0) is 16.5. The van der Waals surface area contributed by atoms with Gasteiger partial charge in [0, 0.05) is 16.0 Å². The van der Waals surface area contributed by atoms with Crippen molar-refractivity contribution in [3.8, 4) is 12.1 Å². The predicted molar refractivity (Wildman–Crippen MR) is 81.6 cm³/mol. The molecule has 1 spiro atoms. The van der Waals surface area contributed by atoms with Crippen LogP contribution in [0.1, 0.15) is 11.5 Å². The van der Waals surface area contributed by atoms with Crippen molar-refractivity contribution in [1.29, 1.82) is 10.5 Å². The highest BCUT2D eigenvalue weighted by atomic mass is 35.5. The molecule has 8 heteroatoms. The fourth-order valence-electron chi connectivity index (χ4n) is 3.92. The van der Waals surface area contributed by atoms with Crippen LogP contribution in [0.5, 0.6) is 0 Å². The van der Waals surface area contributed by atoms with Crippen molar-refractivity contribution in [2.75, 3.05) is 13.2 Å². The average Bonchev–Trinajstić information content (AvgIpc) is 2.77. The Balaban J connectivity index is 1.95. The Kier molecular flexibility index (Phi) is 2.80. The van der Waals surface area contributed by atoms with Gasteiger partial charge in [-0.2, -0.15) is 10.5 Å².